The number of benzene rings is 1. The molecule has 5 nitrogen and oxygen atoms in total. The molecule has 7 heteroatoms. The number of hydrogen-bond donors (Lipinski definition) is 1. The van der Waals surface area contributed by atoms with Gasteiger partial charge in [-0.3, -0.25) is 9.69 Å². The molecule has 1 aromatic heterocycles. The second kappa shape index (κ2) is 7.02. The predicted octanol–water partition coefficient (Wildman–Crippen LogP) is 3.69. The first kappa shape index (κ1) is 16.9. The van der Waals surface area contributed by atoms with Gasteiger partial charge in [0.25, 0.3) is 11.1 Å². The van der Waals surface area contributed by atoms with Crippen molar-refractivity contribution >= 4 is 29.3 Å². The molecule has 0 spiro atoms. The number of rotatable bonds is 4. The molecule has 3 aliphatic heterocycles. The van der Waals surface area contributed by atoms with E-state index in [0.717, 1.165) is 18.0 Å². The number of amides is 1. The Labute approximate surface area is 156 Å². The quantitative estimate of drug-likeness (QED) is 0.880. The molecule has 1 N–H and O–H groups in total. The summed E-state index contributed by atoms with van der Waals surface area (Å²) in [7, 11) is 0. The standard InChI is InChI=1S/C18H20ClN3O2S/c1-11-16(12-6-8-22(11)9-7-12)21-17(23)13-2-4-14(5-3-13)25-18-20-15(19)10-24-18/h2-5,10-12,16H,6-9H2,1H3,(H,21,23)/t11-,16-/m0/s1. The number of piperidine rings is 3. The van der Waals surface area contributed by atoms with Gasteiger partial charge in [-0.15, -0.1) is 0 Å². The van der Waals surface area contributed by atoms with Gasteiger partial charge in [0.1, 0.15) is 6.26 Å². The van der Waals surface area contributed by atoms with Gasteiger partial charge < -0.3 is 9.73 Å². The number of hydrogen-bond acceptors (Lipinski definition) is 5. The van der Waals surface area contributed by atoms with Crippen molar-refractivity contribution in [2.45, 2.75) is 42.0 Å². The maximum Gasteiger partial charge on any atom is 0.261 e. The van der Waals surface area contributed by atoms with E-state index in [1.165, 1.54) is 30.9 Å². The van der Waals surface area contributed by atoms with E-state index in [4.69, 9.17) is 16.0 Å². The lowest BCUT2D eigenvalue weighted by Gasteiger charge is -2.49. The normalized spacial score (nSPS) is 28.1. The summed E-state index contributed by atoms with van der Waals surface area (Å²) in [6.45, 7) is 4.54. The maximum atomic E-state index is 12.6. The molecule has 0 radical (unpaired) electrons. The Hall–Kier alpha value is -1.50. The lowest BCUT2D eigenvalue weighted by molar-refractivity contribution is 0.0217. The molecule has 1 amide bonds. The molecule has 132 valence electrons. The van der Waals surface area contributed by atoms with Gasteiger partial charge in [0, 0.05) is 22.5 Å². The third-order valence-electron chi connectivity index (χ3n) is 5.25. The second-order valence-corrected chi connectivity index (χ2v) is 8.09. The van der Waals surface area contributed by atoms with Crippen molar-refractivity contribution in [3.8, 4) is 0 Å². The average Bonchev–Trinajstić information content (AvgIpc) is 3.04. The number of nitrogens with one attached hydrogen (secondary N) is 1. The number of nitrogens with zero attached hydrogens (tertiary/aromatic N) is 2. The lowest BCUT2D eigenvalue weighted by Crippen LogP contribution is -2.62. The minimum absolute atomic E-state index is 0.00122. The van der Waals surface area contributed by atoms with Crippen LogP contribution >= 0.6 is 23.4 Å². The van der Waals surface area contributed by atoms with E-state index in [9.17, 15) is 4.79 Å². The van der Waals surface area contributed by atoms with Crippen LogP contribution in [0.15, 0.2) is 45.1 Å². The van der Waals surface area contributed by atoms with Crippen LogP contribution < -0.4 is 5.32 Å². The predicted molar refractivity (Wildman–Crippen MR) is 97.1 cm³/mol. The van der Waals surface area contributed by atoms with Crippen molar-refractivity contribution in [2.75, 3.05) is 13.1 Å². The minimum atomic E-state index is 0.00122. The van der Waals surface area contributed by atoms with Crippen molar-refractivity contribution in [3.05, 3.63) is 41.2 Å². The molecule has 4 heterocycles. The van der Waals surface area contributed by atoms with Crippen LogP contribution in [0.4, 0.5) is 0 Å². The van der Waals surface area contributed by atoms with Gasteiger partial charge in [0.2, 0.25) is 0 Å². The van der Waals surface area contributed by atoms with Crippen molar-refractivity contribution in [1.29, 1.82) is 0 Å². The number of fused-ring (bicyclic) bond motifs is 3. The molecule has 3 fully saturated rings. The number of aromatic nitrogens is 1. The average molecular weight is 378 g/mol. The third-order valence-corrected chi connectivity index (χ3v) is 6.30. The maximum absolute atomic E-state index is 12.6. The Morgan fingerprint density at radius 2 is 2.04 bits per heavy atom. The summed E-state index contributed by atoms with van der Waals surface area (Å²) in [5.41, 5.74) is 0.679. The summed E-state index contributed by atoms with van der Waals surface area (Å²) >= 11 is 7.12. The zero-order valence-electron chi connectivity index (χ0n) is 13.9. The molecular weight excluding hydrogens is 358 g/mol. The zero-order chi connectivity index (χ0) is 17.4. The highest BCUT2D eigenvalue weighted by Crippen LogP contribution is 2.32. The first-order valence-electron chi connectivity index (χ1n) is 8.54. The highest BCUT2D eigenvalue weighted by Gasteiger charge is 2.40. The van der Waals surface area contributed by atoms with Gasteiger partial charge >= 0.3 is 0 Å². The van der Waals surface area contributed by atoms with Crippen LogP contribution in [0.1, 0.15) is 30.1 Å². The van der Waals surface area contributed by atoms with Gasteiger partial charge in [-0.1, -0.05) is 11.6 Å². The van der Waals surface area contributed by atoms with Crippen LogP contribution in [0.3, 0.4) is 0 Å². The number of carbonyl (C=O) groups excluding carboxylic acids is 1. The van der Waals surface area contributed by atoms with Crippen molar-refractivity contribution in [3.63, 3.8) is 0 Å². The van der Waals surface area contributed by atoms with Gasteiger partial charge in [-0.25, -0.2) is 0 Å². The first-order valence-corrected chi connectivity index (χ1v) is 9.73. The van der Waals surface area contributed by atoms with Crippen molar-refractivity contribution in [2.24, 2.45) is 5.92 Å². The molecule has 2 atom stereocenters. The molecule has 2 bridgehead atoms. The second-order valence-electron chi connectivity index (χ2n) is 6.68. The minimum Gasteiger partial charge on any atom is -0.438 e. The summed E-state index contributed by atoms with van der Waals surface area (Å²) in [4.78, 5) is 20.1. The Balaban J connectivity index is 1.40. The fraction of sp³-hybridized carbons (Fsp3) is 0.444. The third kappa shape index (κ3) is 3.57. The van der Waals surface area contributed by atoms with Crippen LogP contribution in [0.2, 0.25) is 5.15 Å². The van der Waals surface area contributed by atoms with Crippen LogP contribution in [0.5, 0.6) is 0 Å². The fourth-order valence-electron chi connectivity index (χ4n) is 3.84. The van der Waals surface area contributed by atoms with Crippen LogP contribution in [-0.2, 0) is 0 Å². The summed E-state index contributed by atoms with van der Waals surface area (Å²) in [5, 5.41) is 4.08. The SMILES string of the molecule is C[C@H]1[C@H](NC(=O)c2ccc(Sc3nc(Cl)co3)cc2)C2CCN1CC2. The molecule has 0 aliphatic carbocycles. The van der Waals surface area contributed by atoms with E-state index < -0.39 is 0 Å². The molecule has 0 unspecified atom stereocenters. The molecule has 2 aromatic rings. The van der Waals surface area contributed by atoms with E-state index in [1.807, 2.05) is 24.3 Å². The van der Waals surface area contributed by atoms with E-state index in [2.05, 4.69) is 22.1 Å². The van der Waals surface area contributed by atoms with E-state index in [1.54, 1.807) is 0 Å². The lowest BCUT2D eigenvalue weighted by atomic mass is 9.79. The largest absolute Gasteiger partial charge is 0.438 e. The van der Waals surface area contributed by atoms with Gasteiger partial charge in [-0.2, -0.15) is 4.98 Å². The molecule has 0 saturated carbocycles. The molecule has 5 rings (SSSR count). The number of carbonyl (C=O) groups is 1. The highest BCUT2D eigenvalue weighted by atomic mass is 35.5. The van der Waals surface area contributed by atoms with Gasteiger partial charge in [-0.05, 0) is 74.8 Å². The monoisotopic (exact) mass is 377 g/mol. The highest BCUT2D eigenvalue weighted by molar-refractivity contribution is 7.99. The smallest absolute Gasteiger partial charge is 0.261 e. The number of oxazole rings is 1. The Morgan fingerprint density at radius 3 is 2.64 bits per heavy atom. The van der Waals surface area contributed by atoms with Gasteiger partial charge in [0.05, 0.1) is 0 Å². The van der Waals surface area contributed by atoms with Crippen molar-refractivity contribution in [1.82, 2.24) is 15.2 Å². The van der Waals surface area contributed by atoms with Crippen molar-refractivity contribution < 1.29 is 9.21 Å². The number of halogens is 1. The molecule has 1 aromatic carbocycles. The molecule has 3 saturated heterocycles. The zero-order valence-corrected chi connectivity index (χ0v) is 15.5. The topological polar surface area (TPSA) is 58.4 Å². The summed E-state index contributed by atoms with van der Waals surface area (Å²) < 4.78 is 5.22. The van der Waals surface area contributed by atoms with Crippen LogP contribution in [0, 0.1) is 5.92 Å². The van der Waals surface area contributed by atoms with E-state index in [-0.39, 0.29) is 11.9 Å². The van der Waals surface area contributed by atoms with Crippen LogP contribution in [0.25, 0.3) is 0 Å². The fourth-order valence-corrected chi connectivity index (χ4v) is 4.73. The summed E-state index contributed by atoms with van der Waals surface area (Å²) in [6, 6.07) is 8.15. The Bertz CT molecular complexity index is 754. The Kier molecular flexibility index (Phi) is 4.75. The first-order chi connectivity index (χ1) is 12.1. The van der Waals surface area contributed by atoms with Crippen LogP contribution in [-0.4, -0.2) is 41.0 Å². The summed E-state index contributed by atoms with van der Waals surface area (Å²) in [6.07, 6.45) is 3.77. The molecule has 3 aliphatic rings. The van der Waals surface area contributed by atoms with Gasteiger partial charge in [0.15, 0.2) is 5.15 Å². The van der Waals surface area contributed by atoms with E-state index >= 15 is 0 Å². The Morgan fingerprint density at radius 1 is 1.32 bits per heavy atom. The molecule has 25 heavy (non-hydrogen) atoms. The summed E-state index contributed by atoms with van der Waals surface area (Å²) in [5.74, 6) is 0.606. The van der Waals surface area contributed by atoms with E-state index in [0.29, 0.717) is 27.9 Å². The molecular formula is C18H20ClN3O2S.